The van der Waals surface area contributed by atoms with Gasteiger partial charge >= 0.3 is 12.0 Å². The smallest absolute Gasteiger partial charge is 0.325 e. The maximum Gasteiger partial charge on any atom is 0.325 e. The summed E-state index contributed by atoms with van der Waals surface area (Å²) in [5, 5.41) is 21.2. The van der Waals surface area contributed by atoms with Crippen molar-refractivity contribution < 1.29 is 24.2 Å². The van der Waals surface area contributed by atoms with Gasteiger partial charge in [0.1, 0.15) is 12.2 Å². The molecule has 1 aliphatic heterocycles. The molecular formula is C11H17N5O5. The third kappa shape index (κ3) is 5.36. The maximum absolute atomic E-state index is 11.6. The molecule has 1 unspecified atom stereocenters. The van der Waals surface area contributed by atoms with Crippen LogP contribution in [0.15, 0.2) is 6.20 Å². The molecule has 21 heavy (non-hydrogen) atoms. The Bertz CT molecular complexity index is 485. The van der Waals surface area contributed by atoms with E-state index in [-0.39, 0.29) is 25.2 Å². The fourth-order valence-corrected chi connectivity index (χ4v) is 1.73. The zero-order chi connectivity index (χ0) is 15.1. The van der Waals surface area contributed by atoms with Gasteiger partial charge in [0, 0.05) is 6.54 Å². The number of hydrogen-bond acceptors (Lipinski definition) is 6. The fourth-order valence-electron chi connectivity index (χ4n) is 1.73. The van der Waals surface area contributed by atoms with Crippen LogP contribution in [0.3, 0.4) is 0 Å². The number of nitrogens with one attached hydrogen (secondary N) is 2. The quantitative estimate of drug-likeness (QED) is 0.588. The first-order valence-corrected chi connectivity index (χ1v) is 6.45. The number of carboxylic acids is 1. The Kier molecular flexibility index (Phi) is 5.46. The van der Waals surface area contributed by atoms with E-state index < -0.39 is 5.97 Å². The van der Waals surface area contributed by atoms with Crippen molar-refractivity contribution in [3.63, 3.8) is 0 Å². The number of nitrogens with zero attached hydrogens (tertiary/aromatic N) is 3. The average molecular weight is 299 g/mol. The van der Waals surface area contributed by atoms with Gasteiger partial charge in [-0.1, -0.05) is 5.21 Å². The molecule has 0 radical (unpaired) electrons. The molecule has 0 aliphatic carbocycles. The normalized spacial score (nSPS) is 18.2. The minimum atomic E-state index is -1.01. The minimum absolute atomic E-state index is 0.138. The number of carbonyl (C=O) groups is 2. The van der Waals surface area contributed by atoms with Crippen molar-refractivity contribution in [3.05, 3.63) is 11.9 Å². The largest absolute Gasteiger partial charge is 0.480 e. The van der Waals surface area contributed by atoms with Crippen molar-refractivity contribution in [3.8, 4) is 0 Å². The molecule has 116 valence electrons. The van der Waals surface area contributed by atoms with E-state index in [1.165, 1.54) is 10.9 Å². The summed E-state index contributed by atoms with van der Waals surface area (Å²) in [5.74, 6) is -1.01. The number of hydrogen-bond donors (Lipinski definition) is 3. The number of carboxylic acid groups (broad SMARTS) is 1. The predicted molar refractivity (Wildman–Crippen MR) is 68.5 cm³/mol. The molecule has 0 bridgehead atoms. The zero-order valence-electron chi connectivity index (χ0n) is 11.3. The van der Waals surface area contributed by atoms with E-state index >= 15 is 0 Å². The summed E-state index contributed by atoms with van der Waals surface area (Å²) < 4.78 is 11.8. The lowest BCUT2D eigenvalue weighted by molar-refractivity contribution is -0.137. The first kappa shape index (κ1) is 15.2. The maximum atomic E-state index is 11.6. The second-order valence-corrected chi connectivity index (χ2v) is 4.43. The number of carbonyl (C=O) groups excluding carboxylic acids is 1. The fraction of sp³-hybridized carbons (Fsp3) is 0.636. The van der Waals surface area contributed by atoms with E-state index in [9.17, 15) is 9.59 Å². The molecule has 1 atom stereocenters. The SMILES string of the molecule is O=C(O)Cn1cc(CNC(=O)NCC2COCCO2)nn1. The van der Waals surface area contributed by atoms with E-state index in [1.54, 1.807) is 0 Å². The number of urea groups is 1. The average Bonchev–Trinajstić information content (AvgIpc) is 2.91. The zero-order valence-corrected chi connectivity index (χ0v) is 11.3. The summed E-state index contributed by atoms with van der Waals surface area (Å²) in [4.78, 5) is 22.1. The van der Waals surface area contributed by atoms with Crippen LogP contribution >= 0.6 is 0 Å². The highest BCUT2D eigenvalue weighted by Crippen LogP contribution is 1.98. The molecule has 0 aromatic carbocycles. The molecule has 1 aliphatic rings. The van der Waals surface area contributed by atoms with Gasteiger partial charge in [-0.15, -0.1) is 5.10 Å². The molecular weight excluding hydrogens is 282 g/mol. The second-order valence-electron chi connectivity index (χ2n) is 4.43. The molecule has 1 fully saturated rings. The Morgan fingerprint density at radius 3 is 3.00 bits per heavy atom. The monoisotopic (exact) mass is 299 g/mol. The molecule has 2 amide bonds. The van der Waals surface area contributed by atoms with Crippen LogP contribution in [0.5, 0.6) is 0 Å². The van der Waals surface area contributed by atoms with Crippen LogP contribution in [0.25, 0.3) is 0 Å². The summed E-state index contributed by atoms with van der Waals surface area (Å²) in [7, 11) is 0. The Morgan fingerprint density at radius 1 is 1.43 bits per heavy atom. The summed E-state index contributed by atoms with van der Waals surface area (Å²) in [6.45, 7) is 1.82. The molecule has 1 saturated heterocycles. The van der Waals surface area contributed by atoms with E-state index in [1.807, 2.05) is 0 Å². The van der Waals surface area contributed by atoms with Crippen LogP contribution in [0.1, 0.15) is 5.69 Å². The van der Waals surface area contributed by atoms with Crippen molar-refractivity contribution >= 4 is 12.0 Å². The van der Waals surface area contributed by atoms with Crippen LogP contribution in [0, 0.1) is 0 Å². The molecule has 0 spiro atoms. The van der Waals surface area contributed by atoms with Crippen LogP contribution < -0.4 is 10.6 Å². The van der Waals surface area contributed by atoms with E-state index in [4.69, 9.17) is 14.6 Å². The van der Waals surface area contributed by atoms with E-state index in [2.05, 4.69) is 20.9 Å². The summed E-state index contributed by atoms with van der Waals surface area (Å²) in [6.07, 6.45) is 1.33. The third-order valence-electron chi connectivity index (χ3n) is 2.69. The van der Waals surface area contributed by atoms with Gasteiger partial charge in [-0.05, 0) is 0 Å². The minimum Gasteiger partial charge on any atom is -0.480 e. The molecule has 10 heteroatoms. The molecule has 3 N–H and O–H groups in total. The topological polar surface area (TPSA) is 128 Å². The highest BCUT2D eigenvalue weighted by Gasteiger charge is 2.15. The third-order valence-corrected chi connectivity index (χ3v) is 2.69. The highest BCUT2D eigenvalue weighted by molar-refractivity contribution is 5.73. The molecule has 1 aromatic rings. The number of aromatic nitrogens is 3. The first-order chi connectivity index (χ1) is 10.1. The molecule has 2 rings (SSSR count). The number of amides is 2. The van der Waals surface area contributed by atoms with Gasteiger partial charge < -0.3 is 25.2 Å². The Balaban J connectivity index is 1.66. The van der Waals surface area contributed by atoms with Gasteiger partial charge in [0.25, 0.3) is 0 Å². The first-order valence-electron chi connectivity index (χ1n) is 6.45. The van der Waals surface area contributed by atoms with Gasteiger partial charge in [0.15, 0.2) is 0 Å². The van der Waals surface area contributed by atoms with E-state index in [0.29, 0.717) is 32.1 Å². The van der Waals surface area contributed by atoms with Crippen LogP contribution in [0.4, 0.5) is 4.79 Å². The van der Waals surface area contributed by atoms with Crippen LogP contribution in [-0.2, 0) is 27.4 Å². The number of ether oxygens (including phenoxy) is 2. The Morgan fingerprint density at radius 2 is 2.29 bits per heavy atom. The van der Waals surface area contributed by atoms with Gasteiger partial charge in [-0.2, -0.15) is 0 Å². The summed E-state index contributed by atoms with van der Waals surface area (Å²) >= 11 is 0. The van der Waals surface area contributed by atoms with Gasteiger partial charge in [0.2, 0.25) is 0 Å². The lowest BCUT2D eigenvalue weighted by Crippen LogP contribution is -2.43. The van der Waals surface area contributed by atoms with Gasteiger partial charge in [-0.25, -0.2) is 9.48 Å². The molecule has 0 saturated carbocycles. The molecule has 2 heterocycles. The standard InChI is InChI=1S/C11H17N5O5/c17-10(18)6-16-5-8(14-15-16)3-12-11(19)13-4-9-7-20-1-2-21-9/h5,9H,1-4,6-7H2,(H,17,18)(H2,12,13,19). The second kappa shape index (κ2) is 7.55. The van der Waals surface area contributed by atoms with Gasteiger partial charge in [-0.3, -0.25) is 4.79 Å². The molecule has 1 aromatic heterocycles. The van der Waals surface area contributed by atoms with Crippen LogP contribution in [-0.4, -0.2) is 64.6 Å². The predicted octanol–water partition coefficient (Wildman–Crippen LogP) is -1.42. The lowest BCUT2D eigenvalue weighted by Gasteiger charge is -2.23. The molecule has 10 nitrogen and oxygen atoms in total. The van der Waals surface area contributed by atoms with Crippen molar-refractivity contribution in [2.24, 2.45) is 0 Å². The van der Waals surface area contributed by atoms with Crippen LogP contribution in [0.2, 0.25) is 0 Å². The number of aliphatic carboxylic acids is 1. The summed E-state index contributed by atoms with van der Waals surface area (Å²) in [5.41, 5.74) is 0.476. The lowest BCUT2D eigenvalue weighted by atomic mass is 10.3. The number of rotatable bonds is 6. The van der Waals surface area contributed by atoms with Crippen molar-refractivity contribution in [1.29, 1.82) is 0 Å². The Labute approximate surface area is 120 Å². The van der Waals surface area contributed by atoms with Crippen molar-refractivity contribution in [2.75, 3.05) is 26.4 Å². The highest BCUT2D eigenvalue weighted by atomic mass is 16.6. The van der Waals surface area contributed by atoms with Crippen molar-refractivity contribution in [1.82, 2.24) is 25.6 Å². The summed E-state index contributed by atoms with van der Waals surface area (Å²) in [6, 6.07) is -0.364. The van der Waals surface area contributed by atoms with Crippen molar-refractivity contribution in [2.45, 2.75) is 19.2 Å². The Hall–Kier alpha value is -2.20. The van der Waals surface area contributed by atoms with E-state index in [0.717, 1.165) is 0 Å². The van der Waals surface area contributed by atoms with Gasteiger partial charge in [0.05, 0.1) is 38.7 Å².